The summed E-state index contributed by atoms with van der Waals surface area (Å²) in [6.45, 7) is 0.224. The summed E-state index contributed by atoms with van der Waals surface area (Å²) >= 11 is 0. The van der Waals surface area contributed by atoms with Gasteiger partial charge in [0.05, 0.1) is 6.42 Å². The molecule has 5 heteroatoms. The van der Waals surface area contributed by atoms with Gasteiger partial charge in [-0.2, -0.15) is 0 Å². The predicted octanol–water partition coefficient (Wildman–Crippen LogP) is 3.08. The number of hydrogen-bond acceptors (Lipinski definition) is 3. The van der Waals surface area contributed by atoms with Crippen molar-refractivity contribution in [3.63, 3.8) is 0 Å². The first-order chi connectivity index (χ1) is 10.8. The van der Waals surface area contributed by atoms with Gasteiger partial charge in [-0.05, 0) is 23.8 Å². The Kier molecular flexibility index (Phi) is 2.96. The highest BCUT2D eigenvalue weighted by atomic mass is 16.7. The highest BCUT2D eigenvalue weighted by molar-refractivity contribution is 5.96. The second-order valence-corrected chi connectivity index (χ2v) is 5.15. The van der Waals surface area contributed by atoms with E-state index < -0.39 is 0 Å². The topological polar surface area (TPSA) is 63.4 Å². The Labute approximate surface area is 126 Å². The fourth-order valence-corrected chi connectivity index (χ4v) is 2.63. The van der Waals surface area contributed by atoms with Gasteiger partial charge in [-0.15, -0.1) is 0 Å². The molecule has 0 saturated carbocycles. The van der Waals surface area contributed by atoms with Crippen LogP contribution in [-0.4, -0.2) is 17.7 Å². The number of para-hydroxylation sites is 1. The zero-order valence-electron chi connectivity index (χ0n) is 11.8. The molecule has 5 nitrogen and oxygen atoms in total. The van der Waals surface area contributed by atoms with Crippen molar-refractivity contribution in [3.8, 4) is 11.5 Å². The molecule has 0 bridgehead atoms. The van der Waals surface area contributed by atoms with E-state index in [2.05, 4.69) is 10.3 Å². The number of carbonyl (C=O) groups is 1. The van der Waals surface area contributed by atoms with Gasteiger partial charge in [-0.1, -0.05) is 18.2 Å². The van der Waals surface area contributed by atoms with Crippen LogP contribution < -0.4 is 14.8 Å². The van der Waals surface area contributed by atoms with Gasteiger partial charge in [0.2, 0.25) is 12.7 Å². The van der Waals surface area contributed by atoms with Crippen LogP contribution in [0.15, 0.2) is 48.7 Å². The van der Waals surface area contributed by atoms with E-state index in [-0.39, 0.29) is 12.7 Å². The lowest BCUT2D eigenvalue weighted by Gasteiger charge is -2.06. The average molecular weight is 294 g/mol. The first-order valence-electron chi connectivity index (χ1n) is 7.04. The van der Waals surface area contributed by atoms with Crippen LogP contribution in [0.3, 0.4) is 0 Å². The summed E-state index contributed by atoms with van der Waals surface area (Å²) in [6, 6.07) is 13.3. The molecule has 0 fully saturated rings. The van der Waals surface area contributed by atoms with Gasteiger partial charge in [0.1, 0.15) is 0 Å². The summed E-state index contributed by atoms with van der Waals surface area (Å²) in [5.74, 6) is 1.29. The first-order valence-corrected chi connectivity index (χ1v) is 7.04. The molecule has 2 N–H and O–H groups in total. The Morgan fingerprint density at radius 1 is 1.14 bits per heavy atom. The van der Waals surface area contributed by atoms with Crippen molar-refractivity contribution in [1.29, 1.82) is 0 Å². The monoisotopic (exact) mass is 294 g/mol. The van der Waals surface area contributed by atoms with Gasteiger partial charge in [0, 0.05) is 28.9 Å². The fourth-order valence-electron chi connectivity index (χ4n) is 2.63. The number of aromatic nitrogens is 1. The number of nitrogens with one attached hydrogen (secondary N) is 2. The number of anilines is 1. The van der Waals surface area contributed by atoms with E-state index in [0.717, 1.165) is 16.5 Å². The molecule has 1 aromatic heterocycles. The zero-order valence-corrected chi connectivity index (χ0v) is 11.8. The molecule has 0 radical (unpaired) electrons. The molecule has 3 aromatic rings. The predicted molar refractivity (Wildman–Crippen MR) is 83.2 cm³/mol. The third-order valence-corrected chi connectivity index (χ3v) is 3.68. The van der Waals surface area contributed by atoms with Crippen molar-refractivity contribution >= 4 is 22.5 Å². The Balaban J connectivity index is 1.51. The number of amides is 1. The van der Waals surface area contributed by atoms with E-state index in [9.17, 15) is 4.79 Å². The van der Waals surface area contributed by atoms with Gasteiger partial charge in [0.25, 0.3) is 0 Å². The summed E-state index contributed by atoms with van der Waals surface area (Å²) in [7, 11) is 0. The number of rotatable bonds is 3. The van der Waals surface area contributed by atoms with Crippen LogP contribution in [0, 0.1) is 0 Å². The lowest BCUT2D eigenvalue weighted by Crippen LogP contribution is -2.14. The standard InChI is InChI=1S/C17H14N2O3/c20-17(7-11-9-18-14-4-2-1-3-13(11)14)19-12-5-6-15-16(8-12)22-10-21-15/h1-6,8-9,18H,7,10H2,(H,19,20). The van der Waals surface area contributed by atoms with Gasteiger partial charge >= 0.3 is 0 Å². The van der Waals surface area contributed by atoms with Gasteiger partial charge in [-0.3, -0.25) is 4.79 Å². The summed E-state index contributed by atoms with van der Waals surface area (Å²) in [5, 5.41) is 3.96. The molecule has 1 aliphatic rings. The molecule has 110 valence electrons. The van der Waals surface area contributed by atoms with Crippen LogP contribution in [0.25, 0.3) is 10.9 Å². The van der Waals surface area contributed by atoms with Crippen LogP contribution in [-0.2, 0) is 11.2 Å². The highest BCUT2D eigenvalue weighted by Crippen LogP contribution is 2.34. The smallest absolute Gasteiger partial charge is 0.231 e. The molecular weight excluding hydrogens is 280 g/mol. The average Bonchev–Trinajstić information content (AvgIpc) is 3.14. The van der Waals surface area contributed by atoms with Crippen LogP contribution in [0.4, 0.5) is 5.69 Å². The van der Waals surface area contributed by atoms with E-state index >= 15 is 0 Å². The summed E-state index contributed by atoms with van der Waals surface area (Å²) < 4.78 is 10.6. The Bertz CT molecular complexity index is 854. The minimum absolute atomic E-state index is 0.0661. The number of benzene rings is 2. The minimum atomic E-state index is -0.0661. The maximum absolute atomic E-state index is 12.2. The molecule has 0 unspecified atom stereocenters. The van der Waals surface area contributed by atoms with Gasteiger partial charge < -0.3 is 19.8 Å². The number of carbonyl (C=O) groups excluding carboxylic acids is 1. The van der Waals surface area contributed by atoms with Crippen LogP contribution in [0.5, 0.6) is 11.5 Å². The molecule has 1 aliphatic heterocycles. The SMILES string of the molecule is O=C(Cc1c[nH]c2ccccc12)Nc1ccc2c(c1)OCO2. The number of aromatic amines is 1. The molecule has 2 aromatic carbocycles. The Morgan fingerprint density at radius 2 is 2.00 bits per heavy atom. The second kappa shape index (κ2) is 5.11. The van der Waals surface area contributed by atoms with E-state index in [0.29, 0.717) is 23.6 Å². The van der Waals surface area contributed by atoms with Gasteiger partial charge in [-0.25, -0.2) is 0 Å². The molecule has 22 heavy (non-hydrogen) atoms. The maximum atomic E-state index is 12.2. The molecule has 0 atom stereocenters. The second-order valence-electron chi connectivity index (χ2n) is 5.15. The summed E-state index contributed by atoms with van der Waals surface area (Å²) in [5.41, 5.74) is 2.72. The van der Waals surface area contributed by atoms with E-state index in [1.54, 1.807) is 18.2 Å². The van der Waals surface area contributed by atoms with Crippen molar-refractivity contribution in [2.45, 2.75) is 6.42 Å². The number of fused-ring (bicyclic) bond motifs is 2. The highest BCUT2D eigenvalue weighted by Gasteiger charge is 2.14. The zero-order chi connectivity index (χ0) is 14.9. The molecule has 1 amide bonds. The van der Waals surface area contributed by atoms with Crippen LogP contribution in [0.1, 0.15) is 5.56 Å². The lowest BCUT2D eigenvalue weighted by molar-refractivity contribution is -0.115. The largest absolute Gasteiger partial charge is 0.454 e. The molecule has 4 rings (SSSR count). The quantitative estimate of drug-likeness (QED) is 0.780. The fraction of sp³-hybridized carbons (Fsp3) is 0.118. The minimum Gasteiger partial charge on any atom is -0.454 e. The van der Waals surface area contributed by atoms with Crippen molar-refractivity contribution in [2.24, 2.45) is 0 Å². The molecule has 0 spiro atoms. The van der Waals surface area contributed by atoms with Gasteiger partial charge in [0.15, 0.2) is 11.5 Å². The van der Waals surface area contributed by atoms with E-state index in [1.807, 2.05) is 30.5 Å². The number of H-pyrrole nitrogens is 1. The van der Waals surface area contributed by atoms with Crippen LogP contribution in [0.2, 0.25) is 0 Å². The summed E-state index contributed by atoms with van der Waals surface area (Å²) in [4.78, 5) is 15.4. The van der Waals surface area contributed by atoms with E-state index in [1.165, 1.54) is 0 Å². The molecule has 0 saturated heterocycles. The lowest BCUT2D eigenvalue weighted by atomic mass is 10.1. The van der Waals surface area contributed by atoms with Crippen LogP contribution >= 0.6 is 0 Å². The number of ether oxygens (including phenoxy) is 2. The van der Waals surface area contributed by atoms with Crippen molar-refractivity contribution in [2.75, 3.05) is 12.1 Å². The number of hydrogen-bond donors (Lipinski definition) is 2. The van der Waals surface area contributed by atoms with E-state index in [4.69, 9.17) is 9.47 Å². The van der Waals surface area contributed by atoms with Crippen molar-refractivity contribution in [1.82, 2.24) is 4.98 Å². The molecule has 0 aliphatic carbocycles. The van der Waals surface area contributed by atoms with Crippen molar-refractivity contribution in [3.05, 3.63) is 54.2 Å². The maximum Gasteiger partial charge on any atom is 0.231 e. The third-order valence-electron chi connectivity index (χ3n) is 3.68. The molecular formula is C17H14N2O3. The Hall–Kier alpha value is -2.95. The summed E-state index contributed by atoms with van der Waals surface area (Å²) in [6.07, 6.45) is 2.20. The van der Waals surface area contributed by atoms with Crippen molar-refractivity contribution < 1.29 is 14.3 Å². The normalized spacial score (nSPS) is 12.5. The Morgan fingerprint density at radius 3 is 2.95 bits per heavy atom. The third kappa shape index (κ3) is 2.26. The molecule has 2 heterocycles. The first kappa shape index (κ1) is 12.8.